The number of hydrogen-bond acceptors (Lipinski definition) is 5. The summed E-state index contributed by atoms with van der Waals surface area (Å²) in [5.41, 5.74) is 0.205. The summed E-state index contributed by atoms with van der Waals surface area (Å²) in [5.74, 6) is 0.945. The topological polar surface area (TPSA) is 57.6 Å². The summed E-state index contributed by atoms with van der Waals surface area (Å²) in [6.45, 7) is 1.74. The van der Waals surface area contributed by atoms with Crippen LogP contribution in [0.2, 0.25) is 0 Å². The van der Waals surface area contributed by atoms with Crippen LogP contribution in [-0.2, 0) is 6.54 Å². The molecule has 1 aliphatic heterocycles. The number of β-amino-alcohol motifs (C(OH)–C–C–N with tert-alkyl or cyclic N) is 1. The van der Waals surface area contributed by atoms with Crippen molar-refractivity contribution < 1.29 is 18.6 Å². The van der Waals surface area contributed by atoms with Crippen LogP contribution in [0.25, 0.3) is 0 Å². The van der Waals surface area contributed by atoms with Crippen LogP contribution in [-0.4, -0.2) is 48.6 Å². The quantitative estimate of drug-likeness (QED) is 0.754. The van der Waals surface area contributed by atoms with Crippen molar-refractivity contribution in [3.05, 3.63) is 54.0 Å². The van der Waals surface area contributed by atoms with E-state index in [0.717, 1.165) is 5.56 Å². The van der Waals surface area contributed by atoms with Gasteiger partial charge in [0.15, 0.2) is 0 Å². The molecule has 1 aromatic carbocycles. The van der Waals surface area contributed by atoms with E-state index in [9.17, 15) is 13.9 Å². The third-order valence-electron chi connectivity index (χ3n) is 4.42. The Morgan fingerprint density at radius 3 is 2.73 bits per heavy atom. The molecule has 3 rings (SSSR count). The predicted molar refractivity (Wildman–Crippen MR) is 95.6 cm³/mol. The predicted octanol–water partition coefficient (Wildman–Crippen LogP) is 2.30. The van der Waals surface area contributed by atoms with Crippen LogP contribution in [0.1, 0.15) is 12.0 Å². The first-order chi connectivity index (χ1) is 12.6. The molecule has 0 radical (unpaired) electrons. The van der Waals surface area contributed by atoms with Crippen molar-refractivity contribution in [2.24, 2.45) is 0 Å². The maximum absolute atomic E-state index is 13.0. The van der Waals surface area contributed by atoms with Gasteiger partial charge in [-0.05, 0) is 36.2 Å². The number of anilines is 1. The van der Waals surface area contributed by atoms with Gasteiger partial charge in [-0.2, -0.15) is 0 Å². The first-order valence-corrected chi connectivity index (χ1v) is 8.65. The number of pyridine rings is 1. The second kappa shape index (κ2) is 8.42. The third-order valence-corrected chi connectivity index (χ3v) is 4.42. The van der Waals surface area contributed by atoms with E-state index in [-0.39, 0.29) is 12.4 Å². The van der Waals surface area contributed by atoms with Crippen LogP contribution in [0, 0.1) is 5.82 Å². The van der Waals surface area contributed by atoms with Crippen LogP contribution >= 0.6 is 0 Å². The van der Waals surface area contributed by atoms with E-state index in [4.69, 9.17) is 4.74 Å². The lowest BCUT2D eigenvalue weighted by Gasteiger charge is -2.24. The zero-order chi connectivity index (χ0) is 18.4. The Balaban J connectivity index is 1.46. The number of ether oxygens (including phenoxy) is 1. The molecule has 7 heteroatoms. The summed E-state index contributed by atoms with van der Waals surface area (Å²) < 4.78 is 30.3. The first-order valence-electron chi connectivity index (χ1n) is 8.65. The lowest BCUT2D eigenvalue weighted by molar-refractivity contribution is 0.0626. The van der Waals surface area contributed by atoms with Crippen molar-refractivity contribution in [1.82, 2.24) is 10.3 Å². The molecule has 2 heterocycles. The Morgan fingerprint density at radius 1 is 1.23 bits per heavy atom. The summed E-state index contributed by atoms with van der Waals surface area (Å²) in [6, 6.07) is 10.4. The van der Waals surface area contributed by atoms with Crippen LogP contribution in [0.15, 0.2) is 42.6 Å². The molecular formula is C19H23F2N3O2. The van der Waals surface area contributed by atoms with Crippen molar-refractivity contribution in [3.63, 3.8) is 0 Å². The minimum atomic E-state index is -0.847. The second-order valence-electron chi connectivity index (χ2n) is 6.52. The summed E-state index contributed by atoms with van der Waals surface area (Å²) in [6.07, 6.45) is 1.81. The van der Waals surface area contributed by atoms with Crippen LogP contribution in [0.3, 0.4) is 0 Å². The van der Waals surface area contributed by atoms with Crippen LogP contribution in [0.5, 0.6) is 5.75 Å². The number of aromatic nitrogens is 1. The number of hydrogen-bond donors (Lipinski definition) is 2. The summed E-state index contributed by atoms with van der Waals surface area (Å²) in [5, 5.41) is 14.0. The molecule has 0 saturated carbocycles. The fraction of sp³-hybridized carbons (Fsp3) is 0.421. The maximum Gasteiger partial charge on any atom is 0.141 e. The molecule has 2 N–H and O–H groups in total. The number of halogens is 2. The zero-order valence-corrected chi connectivity index (χ0v) is 14.5. The van der Waals surface area contributed by atoms with Gasteiger partial charge in [0.05, 0.1) is 11.8 Å². The number of rotatable bonds is 8. The van der Waals surface area contributed by atoms with Gasteiger partial charge in [-0.1, -0.05) is 12.1 Å². The minimum Gasteiger partial charge on any atom is -0.491 e. The van der Waals surface area contributed by atoms with Gasteiger partial charge in [-0.25, -0.2) is 13.8 Å². The van der Waals surface area contributed by atoms with Crippen molar-refractivity contribution >= 4 is 5.82 Å². The van der Waals surface area contributed by atoms with E-state index in [0.29, 0.717) is 44.2 Å². The van der Waals surface area contributed by atoms with Crippen molar-refractivity contribution in [3.8, 4) is 5.75 Å². The normalized spacial score (nSPS) is 19.7. The van der Waals surface area contributed by atoms with Gasteiger partial charge in [0.1, 0.15) is 30.7 Å². The summed E-state index contributed by atoms with van der Waals surface area (Å²) in [4.78, 5) is 6.02. The molecule has 1 aliphatic rings. The van der Waals surface area contributed by atoms with Crippen molar-refractivity contribution in [1.29, 1.82) is 0 Å². The molecule has 0 aliphatic carbocycles. The summed E-state index contributed by atoms with van der Waals surface area (Å²) in [7, 11) is 0. The monoisotopic (exact) mass is 363 g/mol. The van der Waals surface area contributed by atoms with Gasteiger partial charge in [0, 0.05) is 26.2 Å². The first kappa shape index (κ1) is 18.5. The largest absolute Gasteiger partial charge is 0.491 e. The lowest BCUT2D eigenvalue weighted by Crippen LogP contribution is -2.43. The Labute approximate surface area is 151 Å². The highest BCUT2D eigenvalue weighted by Crippen LogP contribution is 2.25. The maximum atomic E-state index is 13.0. The van der Waals surface area contributed by atoms with Crippen LogP contribution in [0.4, 0.5) is 14.6 Å². The molecule has 1 saturated heterocycles. The number of benzene rings is 1. The van der Waals surface area contributed by atoms with E-state index in [2.05, 4.69) is 10.3 Å². The number of nitrogens with zero attached hydrogens (tertiary/aromatic N) is 2. The molecule has 26 heavy (non-hydrogen) atoms. The van der Waals surface area contributed by atoms with Gasteiger partial charge in [0.2, 0.25) is 0 Å². The average molecular weight is 363 g/mol. The molecule has 5 nitrogen and oxygen atoms in total. The smallest absolute Gasteiger partial charge is 0.141 e. The van der Waals surface area contributed by atoms with Gasteiger partial charge in [0.25, 0.3) is 0 Å². The minimum absolute atomic E-state index is 0.0596. The fourth-order valence-electron chi connectivity index (χ4n) is 3.05. The lowest BCUT2D eigenvalue weighted by atomic mass is 10.0. The number of alkyl halides is 1. The molecule has 140 valence electrons. The zero-order valence-electron chi connectivity index (χ0n) is 14.5. The molecule has 1 fully saturated rings. The van der Waals surface area contributed by atoms with E-state index in [1.165, 1.54) is 12.3 Å². The molecule has 0 spiro atoms. The molecule has 1 atom stereocenters. The van der Waals surface area contributed by atoms with Crippen LogP contribution < -0.4 is 15.0 Å². The molecule has 0 amide bonds. The Hall–Kier alpha value is -2.25. The highest BCUT2D eigenvalue weighted by molar-refractivity contribution is 5.40. The molecule has 0 bridgehead atoms. The van der Waals surface area contributed by atoms with Gasteiger partial charge in [-0.15, -0.1) is 0 Å². The Morgan fingerprint density at radius 2 is 2.04 bits per heavy atom. The highest BCUT2D eigenvalue weighted by Gasteiger charge is 2.36. The van der Waals surface area contributed by atoms with Gasteiger partial charge in [-0.3, -0.25) is 0 Å². The Bertz CT molecular complexity index is 697. The SMILES string of the molecule is O[C@@]1(CNCc2ccc(OCCF)cc2)CCN(c2ccc(F)cn2)C1. The van der Waals surface area contributed by atoms with E-state index in [1.54, 1.807) is 18.2 Å². The number of aliphatic hydroxyl groups is 1. The second-order valence-corrected chi connectivity index (χ2v) is 6.52. The Kier molecular flexibility index (Phi) is 6.00. The van der Waals surface area contributed by atoms with Crippen molar-refractivity contribution in [2.45, 2.75) is 18.6 Å². The van der Waals surface area contributed by atoms with Gasteiger partial charge < -0.3 is 20.1 Å². The van der Waals surface area contributed by atoms with E-state index < -0.39 is 12.3 Å². The van der Waals surface area contributed by atoms with Crippen molar-refractivity contribution in [2.75, 3.05) is 37.8 Å². The van der Waals surface area contributed by atoms with Gasteiger partial charge >= 0.3 is 0 Å². The standard InChI is InChI=1S/C19H23F2N3O2/c20-8-10-26-17-4-1-15(2-5-17)11-22-13-19(25)7-9-24(14-19)18-6-3-16(21)12-23-18/h1-6,12,22,25H,7-11,13-14H2/t19-/m1/s1. The van der Waals surface area contributed by atoms with E-state index >= 15 is 0 Å². The highest BCUT2D eigenvalue weighted by atomic mass is 19.1. The molecular weight excluding hydrogens is 340 g/mol. The molecule has 2 aromatic rings. The fourth-order valence-corrected chi connectivity index (χ4v) is 3.05. The average Bonchev–Trinajstić information content (AvgIpc) is 3.04. The number of nitrogens with one attached hydrogen (secondary N) is 1. The summed E-state index contributed by atoms with van der Waals surface area (Å²) >= 11 is 0. The third kappa shape index (κ3) is 4.89. The molecule has 0 unspecified atom stereocenters. The van der Waals surface area contributed by atoms with E-state index in [1.807, 2.05) is 17.0 Å². The molecule has 1 aromatic heterocycles.